The van der Waals surface area contributed by atoms with Crippen LogP contribution in [0.1, 0.15) is 13.3 Å². The smallest absolute Gasteiger partial charge is 0.331 e. The maximum absolute atomic E-state index is 11.4. The Hall–Kier alpha value is -0.780. The van der Waals surface area contributed by atoms with Crippen molar-refractivity contribution in [2.24, 2.45) is 0 Å². The minimum absolute atomic E-state index is 0.0824. The molecule has 1 atom stereocenters. The molecular formula is C12H15BrClNO3. The van der Waals surface area contributed by atoms with Gasteiger partial charge in [0, 0.05) is 17.3 Å². The fourth-order valence-corrected chi connectivity index (χ4v) is 2.09. The molecular weight excluding hydrogens is 321 g/mol. The predicted octanol–water partition coefficient (Wildman–Crippen LogP) is 3.39. The molecule has 1 aromatic carbocycles. The average molecular weight is 337 g/mol. The molecule has 4 nitrogen and oxygen atoms in total. The monoisotopic (exact) mass is 335 g/mol. The highest BCUT2D eigenvalue weighted by Crippen LogP contribution is 2.28. The standard InChI is InChI=1S/C12H15BrClNO3/c1-3-12(7-18-2,11(16)17)15-8-4-5-10(14)9(13)6-8/h4-6,15H,3,7H2,1-2H3,(H,16,17). The Kier molecular flexibility index (Phi) is 5.44. The molecule has 0 heterocycles. The zero-order valence-corrected chi connectivity index (χ0v) is 12.5. The normalized spacial score (nSPS) is 14.0. The van der Waals surface area contributed by atoms with Gasteiger partial charge in [-0.15, -0.1) is 0 Å². The quantitative estimate of drug-likeness (QED) is 0.836. The Morgan fingerprint density at radius 1 is 1.61 bits per heavy atom. The number of ether oxygens (including phenoxy) is 1. The van der Waals surface area contributed by atoms with Crippen LogP contribution < -0.4 is 5.32 Å². The van der Waals surface area contributed by atoms with Crippen molar-refractivity contribution in [1.29, 1.82) is 0 Å². The Balaban J connectivity index is 3.02. The summed E-state index contributed by atoms with van der Waals surface area (Å²) in [6, 6.07) is 5.17. The van der Waals surface area contributed by atoms with Crippen molar-refractivity contribution in [2.75, 3.05) is 19.0 Å². The first-order chi connectivity index (χ1) is 8.45. The molecule has 0 radical (unpaired) electrons. The summed E-state index contributed by atoms with van der Waals surface area (Å²) in [5.41, 5.74) is -0.463. The summed E-state index contributed by atoms with van der Waals surface area (Å²) in [6.07, 6.45) is 0.399. The number of nitrogens with one attached hydrogen (secondary N) is 1. The Morgan fingerprint density at radius 3 is 2.72 bits per heavy atom. The number of anilines is 1. The predicted molar refractivity (Wildman–Crippen MR) is 75.3 cm³/mol. The van der Waals surface area contributed by atoms with E-state index in [9.17, 15) is 9.90 Å². The third-order valence-electron chi connectivity index (χ3n) is 2.71. The Morgan fingerprint density at radius 2 is 2.28 bits per heavy atom. The first-order valence-corrected chi connectivity index (χ1v) is 6.58. The van der Waals surface area contributed by atoms with Crippen molar-refractivity contribution in [1.82, 2.24) is 0 Å². The van der Waals surface area contributed by atoms with E-state index in [0.29, 0.717) is 21.6 Å². The first-order valence-electron chi connectivity index (χ1n) is 5.40. The minimum Gasteiger partial charge on any atom is -0.479 e. The SMILES string of the molecule is CCC(COC)(Nc1ccc(Cl)c(Br)c1)C(=O)O. The van der Waals surface area contributed by atoms with Gasteiger partial charge in [-0.25, -0.2) is 4.79 Å². The highest BCUT2D eigenvalue weighted by molar-refractivity contribution is 9.10. The molecule has 100 valence electrons. The van der Waals surface area contributed by atoms with Gasteiger partial charge in [0.05, 0.1) is 11.6 Å². The summed E-state index contributed by atoms with van der Waals surface area (Å²) in [4.78, 5) is 11.4. The van der Waals surface area contributed by atoms with Crippen LogP contribution in [0.15, 0.2) is 22.7 Å². The lowest BCUT2D eigenvalue weighted by Gasteiger charge is -2.29. The van der Waals surface area contributed by atoms with Crippen LogP contribution >= 0.6 is 27.5 Å². The molecule has 0 amide bonds. The van der Waals surface area contributed by atoms with E-state index in [1.165, 1.54) is 7.11 Å². The van der Waals surface area contributed by atoms with E-state index in [4.69, 9.17) is 16.3 Å². The number of methoxy groups -OCH3 is 1. The van der Waals surface area contributed by atoms with Gasteiger partial charge >= 0.3 is 5.97 Å². The molecule has 0 aliphatic heterocycles. The van der Waals surface area contributed by atoms with Crippen LogP contribution in [-0.2, 0) is 9.53 Å². The lowest BCUT2D eigenvalue weighted by molar-refractivity contribution is -0.144. The highest BCUT2D eigenvalue weighted by Gasteiger charge is 2.36. The van der Waals surface area contributed by atoms with Crippen molar-refractivity contribution in [3.05, 3.63) is 27.7 Å². The second-order valence-electron chi connectivity index (χ2n) is 3.93. The first kappa shape index (κ1) is 15.3. The molecule has 1 unspecified atom stereocenters. The van der Waals surface area contributed by atoms with Crippen LogP contribution in [0.2, 0.25) is 5.02 Å². The fraction of sp³-hybridized carbons (Fsp3) is 0.417. The van der Waals surface area contributed by atoms with Gasteiger partial charge in [0.2, 0.25) is 0 Å². The van der Waals surface area contributed by atoms with Crippen molar-refractivity contribution < 1.29 is 14.6 Å². The third-order valence-corrected chi connectivity index (χ3v) is 3.92. The van der Waals surface area contributed by atoms with E-state index in [1.54, 1.807) is 25.1 Å². The van der Waals surface area contributed by atoms with E-state index in [1.807, 2.05) is 0 Å². The van der Waals surface area contributed by atoms with E-state index >= 15 is 0 Å². The van der Waals surface area contributed by atoms with Gasteiger partial charge in [0.1, 0.15) is 0 Å². The molecule has 0 bridgehead atoms. The molecule has 0 aliphatic rings. The lowest BCUT2D eigenvalue weighted by atomic mass is 9.97. The number of aliphatic carboxylic acids is 1. The summed E-state index contributed by atoms with van der Waals surface area (Å²) in [6.45, 7) is 1.88. The number of hydrogen-bond acceptors (Lipinski definition) is 3. The topological polar surface area (TPSA) is 58.6 Å². The molecule has 0 saturated heterocycles. The number of rotatable bonds is 6. The van der Waals surface area contributed by atoms with E-state index in [2.05, 4.69) is 21.2 Å². The van der Waals surface area contributed by atoms with Crippen LogP contribution in [0.5, 0.6) is 0 Å². The number of carboxylic acids is 1. The molecule has 18 heavy (non-hydrogen) atoms. The van der Waals surface area contributed by atoms with Gasteiger partial charge in [0.25, 0.3) is 0 Å². The molecule has 0 fully saturated rings. The minimum atomic E-state index is -1.14. The van der Waals surface area contributed by atoms with E-state index in [-0.39, 0.29) is 6.61 Å². The average Bonchev–Trinajstić information content (AvgIpc) is 2.33. The van der Waals surface area contributed by atoms with Crippen LogP contribution in [0.3, 0.4) is 0 Å². The zero-order valence-electron chi connectivity index (χ0n) is 10.2. The second kappa shape index (κ2) is 6.41. The van der Waals surface area contributed by atoms with Crippen molar-refractivity contribution in [2.45, 2.75) is 18.9 Å². The van der Waals surface area contributed by atoms with Crippen molar-refractivity contribution in [3.8, 4) is 0 Å². The molecule has 0 saturated carbocycles. The van der Waals surface area contributed by atoms with Gasteiger partial charge in [0.15, 0.2) is 5.54 Å². The van der Waals surface area contributed by atoms with E-state index in [0.717, 1.165) is 0 Å². The lowest BCUT2D eigenvalue weighted by Crippen LogP contribution is -2.49. The maximum atomic E-state index is 11.4. The fourth-order valence-electron chi connectivity index (χ4n) is 1.59. The molecule has 1 rings (SSSR count). The van der Waals surface area contributed by atoms with Gasteiger partial charge in [-0.2, -0.15) is 0 Å². The van der Waals surface area contributed by atoms with Gasteiger partial charge in [-0.05, 0) is 40.5 Å². The van der Waals surface area contributed by atoms with Crippen LogP contribution in [-0.4, -0.2) is 30.3 Å². The number of halogens is 2. The van der Waals surface area contributed by atoms with E-state index < -0.39 is 11.5 Å². The molecule has 0 aromatic heterocycles. The molecule has 2 N–H and O–H groups in total. The summed E-state index contributed by atoms with van der Waals surface area (Å²) in [7, 11) is 1.48. The number of carboxylic acid groups (broad SMARTS) is 1. The number of benzene rings is 1. The van der Waals surface area contributed by atoms with Gasteiger partial charge in [-0.3, -0.25) is 0 Å². The number of carbonyl (C=O) groups is 1. The summed E-state index contributed by atoms with van der Waals surface area (Å²) >= 11 is 9.19. The Labute approximate surface area is 119 Å². The Bertz CT molecular complexity index is 441. The van der Waals surface area contributed by atoms with Crippen molar-refractivity contribution >= 4 is 39.2 Å². The van der Waals surface area contributed by atoms with Crippen LogP contribution in [0, 0.1) is 0 Å². The molecule has 6 heteroatoms. The second-order valence-corrected chi connectivity index (χ2v) is 5.19. The molecule has 1 aromatic rings. The van der Waals surface area contributed by atoms with Crippen LogP contribution in [0.4, 0.5) is 5.69 Å². The third kappa shape index (κ3) is 3.37. The summed E-state index contributed by atoms with van der Waals surface area (Å²) < 4.78 is 5.71. The zero-order chi connectivity index (χ0) is 13.8. The molecule has 0 aliphatic carbocycles. The van der Waals surface area contributed by atoms with Gasteiger partial charge in [-0.1, -0.05) is 18.5 Å². The highest BCUT2D eigenvalue weighted by atomic mass is 79.9. The number of hydrogen-bond donors (Lipinski definition) is 2. The summed E-state index contributed by atoms with van der Waals surface area (Å²) in [5.74, 6) is -0.946. The van der Waals surface area contributed by atoms with Crippen molar-refractivity contribution in [3.63, 3.8) is 0 Å². The largest absolute Gasteiger partial charge is 0.479 e. The van der Waals surface area contributed by atoms with Crippen LogP contribution in [0.25, 0.3) is 0 Å². The molecule has 0 spiro atoms. The maximum Gasteiger partial charge on any atom is 0.331 e. The van der Waals surface area contributed by atoms with Gasteiger partial charge < -0.3 is 15.2 Å². The summed E-state index contributed by atoms with van der Waals surface area (Å²) in [5, 5.41) is 12.9.